The van der Waals surface area contributed by atoms with Crippen molar-refractivity contribution in [3.63, 3.8) is 0 Å². The Morgan fingerprint density at radius 1 is 1.29 bits per heavy atom. The van der Waals surface area contributed by atoms with Crippen molar-refractivity contribution in [2.45, 2.75) is 33.1 Å². The first-order chi connectivity index (χ1) is 6.77. The van der Waals surface area contributed by atoms with E-state index in [4.69, 9.17) is 4.74 Å². The predicted octanol–water partition coefficient (Wildman–Crippen LogP) is 3.26. The second-order valence-electron chi connectivity index (χ2n) is 4.90. The van der Waals surface area contributed by atoms with Crippen LogP contribution >= 0.6 is 0 Å². The summed E-state index contributed by atoms with van der Waals surface area (Å²) in [6.45, 7) is 10.9. The normalized spacial score (nSPS) is 42.6. The summed E-state index contributed by atoms with van der Waals surface area (Å²) in [6.07, 6.45) is 3.94. The lowest BCUT2D eigenvalue weighted by Gasteiger charge is -2.39. The van der Waals surface area contributed by atoms with E-state index in [-0.39, 0.29) is 0 Å². The van der Waals surface area contributed by atoms with Crippen LogP contribution in [0.1, 0.15) is 33.1 Å². The molecule has 1 aliphatic carbocycles. The molecule has 0 bridgehead atoms. The highest BCUT2D eigenvalue weighted by Gasteiger charge is 2.41. The summed E-state index contributed by atoms with van der Waals surface area (Å²) in [7, 11) is 0. The zero-order valence-electron chi connectivity index (χ0n) is 9.46. The van der Waals surface area contributed by atoms with Crippen LogP contribution < -0.4 is 0 Å². The third-order valence-electron chi connectivity index (χ3n) is 4.29. The summed E-state index contributed by atoms with van der Waals surface area (Å²) in [5.74, 6) is 3.11. The van der Waals surface area contributed by atoms with E-state index in [1.54, 1.807) is 0 Å². The van der Waals surface area contributed by atoms with Crippen molar-refractivity contribution < 1.29 is 4.74 Å². The fourth-order valence-electron chi connectivity index (χ4n) is 3.42. The predicted molar refractivity (Wildman–Crippen MR) is 59.1 cm³/mol. The van der Waals surface area contributed by atoms with E-state index in [0.29, 0.717) is 5.92 Å². The van der Waals surface area contributed by atoms with Crippen molar-refractivity contribution in [3.8, 4) is 0 Å². The van der Waals surface area contributed by atoms with Crippen LogP contribution in [0, 0.1) is 23.7 Å². The summed E-state index contributed by atoms with van der Waals surface area (Å²) < 4.78 is 5.59. The Morgan fingerprint density at radius 2 is 2.07 bits per heavy atom. The molecule has 0 N–H and O–H groups in total. The van der Waals surface area contributed by atoms with Crippen LogP contribution in [-0.2, 0) is 4.74 Å². The van der Waals surface area contributed by atoms with Crippen molar-refractivity contribution in [2.24, 2.45) is 23.7 Å². The maximum absolute atomic E-state index is 5.59. The molecule has 0 amide bonds. The van der Waals surface area contributed by atoms with Gasteiger partial charge in [-0.2, -0.15) is 0 Å². The van der Waals surface area contributed by atoms with E-state index in [1.165, 1.54) is 24.8 Å². The summed E-state index contributed by atoms with van der Waals surface area (Å²) in [5.41, 5.74) is 1.49. The molecule has 4 atom stereocenters. The molecule has 1 heteroatoms. The highest BCUT2D eigenvalue weighted by Crippen LogP contribution is 2.46. The van der Waals surface area contributed by atoms with Crippen LogP contribution in [0.15, 0.2) is 12.2 Å². The number of ether oxygens (including phenoxy) is 1. The van der Waals surface area contributed by atoms with Gasteiger partial charge in [-0.15, -0.1) is 0 Å². The van der Waals surface area contributed by atoms with E-state index >= 15 is 0 Å². The monoisotopic (exact) mass is 194 g/mol. The standard InChI is InChI=1S/C13H22O/c1-4-10-6-11-7-14-8-13(11)9(3)12(10)5-2/h10-13H,3-8H2,1-2H3/t10?,11-,12?,13-/m1/s1. The largest absolute Gasteiger partial charge is 0.381 e. The first kappa shape index (κ1) is 10.2. The van der Waals surface area contributed by atoms with Gasteiger partial charge in [-0.3, -0.25) is 0 Å². The van der Waals surface area contributed by atoms with Crippen molar-refractivity contribution in [1.82, 2.24) is 0 Å². The van der Waals surface area contributed by atoms with Crippen molar-refractivity contribution in [1.29, 1.82) is 0 Å². The third-order valence-corrected chi connectivity index (χ3v) is 4.29. The van der Waals surface area contributed by atoms with Gasteiger partial charge < -0.3 is 4.74 Å². The maximum Gasteiger partial charge on any atom is 0.0535 e. The fraction of sp³-hybridized carbons (Fsp3) is 0.846. The Kier molecular flexibility index (Phi) is 2.96. The van der Waals surface area contributed by atoms with Gasteiger partial charge in [0.1, 0.15) is 0 Å². The Hall–Kier alpha value is -0.300. The molecule has 1 aliphatic heterocycles. The topological polar surface area (TPSA) is 9.23 Å². The molecule has 0 spiro atoms. The average Bonchev–Trinajstić information content (AvgIpc) is 2.65. The van der Waals surface area contributed by atoms with Crippen LogP contribution in [0.25, 0.3) is 0 Å². The molecular weight excluding hydrogens is 172 g/mol. The van der Waals surface area contributed by atoms with Gasteiger partial charge in [0.05, 0.1) is 13.2 Å². The number of fused-ring (bicyclic) bond motifs is 1. The lowest BCUT2D eigenvalue weighted by molar-refractivity contribution is 0.176. The first-order valence-corrected chi connectivity index (χ1v) is 6.04. The van der Waals surface area contributed by atoms with Crippen molar-refractivity contribution in [2.75, 3.05) is 13.2 Å². The quantitative estimate of drug-likeness (QED) is 0.613. The van der Waals surface area contributed by atoms with Crippen LogP contribution in [0.3, 0.4) is 0 Å². The van der Waals surface area contributed by atoms with Gasteiger partial charge in [0, 0.05) is 5.92 Å². The fourth-order valence-corrected chi connectivity index (χ4v) is 3.42. The van der Waals surface area contributed by atoms with Crippen LogP contribution in [0.2, 0.25) is 0 Å². The minimum atomic E-state index is 0.683. The second kappa shape index (κ2) is 4.06. The van der Waals surface area contributed by atoms with Gasteiger partial charge in [0.15, 0.2) is 0 Å². The molecule has 2 fully saturated rings. The van der Waals surface area contributed by atoms with Gasteiger partial charge in [0.2, 0.25) is 0 Å². The molecule has 1 heterocycles. The summed E-state index contributed by atoms with van der Waals surface area (Å²) in [6, 6.07) is 0. The molecule has 0 aromatic carbocycles. The summed E-state index contributed by atoms with van der Waals surface area (Å²) in [4.78, 5) is 0. The minimum Gasteiger partial charge on any atom is -0.381 e. The molecule has 1 saturated heterocycles. The highest BCUT2D eigenvalue weighted by molar-refractivity contribution is 5.14. The van der Waals surface area contributed by atoms with Crippen LogP contribution in [-0.4, -0.2) is 13.2 Å². The van der Waals surface area contributed by atoms with Gasteiger partial charge in [-0.1, -0.05) is 32.4 Å². The molecule has 1 saturated carbocycles. The molecule has 2 aliphatic rings. The smallest absolute Gasteiger partial charge is 0.0535 e. The minimum absolute atomic E-state index is 0.683. The van der Waals surface area contributed by atoms with E-state index < -0.39 is 0 Å². The average molecular weight is 194 g/mol. The van der Waals surface area contributed by atoms with Crippen molar-refractivity contribution >= 4 is 0 Å². The molecule has 0 radical (unpaired) electrons. The van der Waals surface area contributed by atoms with Gasteiger partial charge in [-0.25, -0.2) is 0 Å². The molecule has 14 heavy (non-hydrogen) atoms. The molecule has 0 aromatic rings. The van der Waals surface area contributed by atoms with E-state index in [1.807, 2.05) is 0 Å². The summed E-state index contributed by atoms with van der Waals surface area (Å²) in [5, 5.41) is 0. The van der Waals surface area contributed by atoms with Gasteiger partial charge >= 0.3 is 0 Å². The molecular formula is C13H22O. The zero-order chi connectivity index (χ0) is 10.1. The second-order valence-corrected chi connectivity index (χ2v) is 4.90. The van der Waals surface area contributed by atoms with E-state index in [9.17, 15) is 0 Å². The van der Waals surface area contributed by atoms with Gasteiger partial charge in [0.25, 0.3) is 0 Å². The third kappa shape index (κ3) is 1.52. The molecule has 2 unspecified atom stereocenters. The van der Waals surface area contributed by atoms with E-state index in [0.717, 1.165) is 31.0 Å². The Bertz CT molecular complexity index is 221. The SMILES string of the molecule is C=C1C(CC)C(CC)C[C@@H]2COC[C@H]12. The number of rotatable bonds is 2. The van der Waals surface area contributed by atoms with Gasteiger partial charge in [-0.05, 0) is 30.6 Å². The molecule has 1 nitrogen and oxygen atoms in total. The van der Waals surface area contributed by atoms with Crippen LogP contribution in [0.4, 0.5) is 0 Å². The molecule has 0 aromatic heterocycles. The van der Waals surface area contributed by atoms with E-state index in [2.05, 4.69) is 20.4 Å². The molecule has 2 rings (SSSR count). The zero-order valence-corrected chi connectivity index (χ0v) is 9.46. The molecule has 80 valence electrons. The van der Waals surface area contributed by atoms with Crippen molar-refractivity contribution in [3.05, 3.63) is 12.2 Å². The maximum atomic E-state index is 5.59. The van der Waals surface area contributed by atoms with Crippen LogP contribution in [0.5, 0.6) is 0 Å². The Labute approximate surface area is 87.5 Å². The lowest BCUT2D eigenvalue weighted by atomic mass is 9.65. The lowest BCUT2D eigenvalue weighted by Crippen LogP contribution is -2.32. The Balaban J connectivity index is 2.14. The summed E-state index contributed by atoms with van der Waals surface area (Å²) >= 11 is 0. The Morgan fingerprint density at radius 3 is 2.71 bits per heavy atom. The first-order valence-electron chi connectivity index (χ1n) is 6.04. The number of hydrogen-bond donors (Lipinski definition) is 0. The number of hydrogen-bond acceptors (Lipinski definition) is 1. The highest BCUT2D eigenvalue weighted by atomic mass is 16.5.